The maximum Gasteiger partial charge on any atom is 0.242 e. The predicted octanol–water partition coefficient (Wildman–Crippen LogP) is 3.30. The molecule has 1 N–H and O–H groups in total. The predicted molar refractivity (Wildman–Crippen MR) is 98.4 cm³/mol. The first kappa shape index (κ1) is 19.3. The summed E-state index contributed by atoms with van der Waals surface area (Å²) >= 11 is 0. The molecule has 1 aliphatic rings. The molecule has 138 valence electrons. The molecular formula is C20H30N2O3. The molecule has 25 heavy (non-hydrogen) atoms. The van der Waals surface area contributed by atoms with Crippen LogP contribution in [0.3, 0.4) is 0 Å². The fourth-order valence-corrected chi connectivity index (χ4v) is 3.46. The quantitative estimate of drug-likeness (QED) is 0.824. The Bertz CT molecular complexity index is 582. The van der Waals surface area contributed by atoms with Gasteiger partial charge < -0.3 is 15.0 Å². The van der Waals surface area contributed by atoms with Gasteiger partial charge in [0.2, 0.25) is 11.8 Å². The molecule has 2 amide bonds. The van der Waals surface area contributed by atoms with Crippen molar-refractivity contribution >= 4 is 11.8 Å². The molecule has 1 aliphatic carbocycles. The number of hydrogen-bond donors (Lipinski definition) is 1. The zero-order chi connectivity index (χ0) is 18.2. The number of para-hydroxylation sites is 1. The van der Waals surface area contributed by atoms with Gasteiger partial charge >= 0.3 is 0 Å². The normalized spacial score (nSPS) is 16.1. The number of likely N-dealkylation sites (N-methyl/N-ethyl adjacent to an activating group) is 1. The van der Waals surface area contributed by atoms with E-state index < -0.39 is 0 Å². The van der Waals surface area contributed by atoms with Crippen LogP contribution in [0.25, 0.3) is 0 Å². The summed E-state index contributed by atoms with van der Waals surface area (Å²) in [5.74, 6) is 1.12. The van der Waals surface area contributed by atoms with E-state index >= 15 is 0 Å². The minimum atomic E-state index is -0.126. The van der Waals surface area contributed by atoms with E-state index in [1.165, 1.54) is 19.3 Å². The fourth-order valence-electron chi connectivity index (χ4n) is 3.46. The number of ether oxygens (including phenoxy) is 1. The average Bonchev–Trinajstić information content (AvgIpc) is 2.65. The first-order valence-corrected chi connectivity index (χ1v) is 9.18. The summed E-state index contributed by atoms with van der Waals surface area (Å²) in [6.07, 6.45) is 6.52. The highest BCUT2D eigenvalue weighted by Crippen LogP contribution is 2.28. The van der Waals surface area contributed by atoms with E-state index in [2.05, 4.69) is 5.32 Å². The van der Waals surface area contributed by atoms with E-state index in [1.54, 1.807) is 19.1 Å². The monoisotopic (exact) mass is 346 g/mol. The topological polar surface area (TPSA) is 58.6 Å². The van der Waals surface area contributed by atoms with Gasteiger partial charge in [-0.15, -0.1) is 0 Å². The smallest absolute Gasteiger partial charge is 0.242 e. The van der Waals surface area contributed by atoms with Crippen molar-refractivity contribution < 1.29 is 14.3 Å². The maximum atomic E-state index is 12.4. The Morgan fingerprint density at radius 2 is 1.92 bits per heavy atom. The minimum absolute atomic E-state index is 0.0152. The molecule has 2 rings (SSSR count). The second kappa shape index (κ2) is 9.44. The second-order valence-corrected chi connectivity index (χ2v) is 6.91. The Morgan fingerprint density at radius 1 is 1.24 bits per heavy atom. The SMILES string of the molecule is COc1ccccc1[C@@H](C)N(C)C(=O)CNC(=O)CC1CCCCC1. The lowest BCUT2D eigenvalue weighted by Gasteiger charge is -2.27. The molecule has 1 atom stereocenters. The van der Waals surface area contributed by atoms with Crippen molar-refractivity contribution in [1.29, 1.82) is 0 Å². The lowest BCUT2D eigenvalue weighted by Crippen LogP contribution is -2.39. The molecule has 1 saturated carbocycles. The molecule has 0 aliphatic heterocycles. The third kappa shape index (κ3) is 5.48. The first-order valence-electron chi connectivity index (χ1n) is 9.18. The first-order chi connectivity index (χ1) is 12.0. The van der Waals surface area contributed by atoms with Crippen molar-refractivity contribution in [2.45, 2.75) is 51.5 Å². The van der Waals surface area contributed by atoms with Crippen LogP contribution in [0.4, 0.5) is 0 Å². The number of methoxy groups -OCH3 is 1. The second-order valence-electron chi connectivity index (χ2n) is 6.91. The molecule has 5 heteroatoms. The number of carbonyl (C=O) groups excluding carboxylic acids is 2. The van der Waals surface area contributed by atoms with Crippen molar-refractivity contribution in [3.8, 4) is 5.75 Å². The summed E-state index contributed by atoms with van der Waals surface area (Å²) in [6.45, 7) is 2.00. The largest absolute Gasteiger partial charge is 0.496 e. The van der Waals surface area contributed by atoms with Gasteiger partial charge in [-0.25, -0.2) is 0 Å². The Labute approximate surface area is 150 Å². The van der Waals surface area contributed by atoms with Crippen LogP contribution in [0.1, 0.15) is 57.1 Å². The molecule has 0 heterocycles. The number of rotatable bonds is 7. The molecular weight excluding hydrogens is 316 g/mol. The average molecular weight is 346 g/mol. The van der Waals surface area contributed by atoms with E-state index in [1.807, 2.05) is 31.2 Å². The summed E-state index contributed by atoms with van der Waals surface area (Å²) < 4.78 is 5.37. The van der Waals surface area contributed by atoms with Crippen LogP contribution in [-0.2, 0) is 9.59 Å². The molecule has 0 saturated heterocycles. The van der Waals surface area contributed by atoms with Crippen LogP contribution in [0.5, 0.6) is 5.75 Å². The van der Waals surface area contributed by atoms with Crippen molar-refractivity contribution in [3.05, 3.63) is 29.8 Å². The zero-order valence-electron chi connectivity index (χ0n) is 15.6. The highest BCUT2D eigenvalue weighted by Gasteiger charge is 2.21. The Kier molecular flexibility index (Phi) is 7.29. The number of hydrogen-bond acceptors (Lipinski definition) is 3. The fraction of sp³-hybridized carbons (Fsp3) is 0.600. The van der Waals surface area contributed by atoms with Crippen LogP contribution >= 0.6 is 0 Å². The van der Waals surface area contributed by atoms with Gasteiger partial charge in [0.25, 0.3) is 0 Å². The third-order valence-corrected chi connectivity index (χ3v) is 5.20. The van der Waals surface area contributed by atoms with Gasteiger partial charge in [-0.2, -0.15) is 0 Å². The number of nitrogens with zero attached hydrogens (tertiary/aromatic N) is 1. The molecule has 0 bridgehead atoms. The summed E-state index contributed by atoms with van der Waals surface area (Å²) in [4.78, 5) is 26.2. The van der Waals surface area contributed by atoms with E-state index in [0.29, 0.717) is 12.3 Å². The van der Waals surface area contributed by atoms with Gasteiger partial charge in [0.1, 0.15) is 5.75 Å². The summed E-state index contributed by atoms with van der Waals surface area (Å²) in [6, 6.07) is 7.55. The maximum absolute atomic E-state index is 12.4. The van der Waals surface area contributed by atoms with Crippen molar-refractivity contribution in [2.24, 2.45) is 5.92 Å². The van der Waals surface area contributed by atoms with E-state index in [-0.39, 0.29) is 24.4 Å². The van der Waals surface area contributed by atoms with Crippen LogP contribution in [0.2, 0.25) is 0 Å². The number of carbonyl (C=O) groups is 2. The van der Waals surface area contributed by atoms with Crippen LogP contribution in [0.15, 0.2) is 24.3 Å². The Morgan fingerprint density at radius 3 is 2.60 bits per heavy atom. The van der Waals surface area contributed by atoms with Crippen molar-refractivity contribution in [3.63, 3.8) is 0 Å². The standard InChI is InChI=1S/C20H30N2O3/c1-15(17-11-7-8-12-18(17)25-3)22(2)20(24)14-21-19(23)13-16-9-5-4-6-10-16/h7-8,11-12,15-16H,4-6,9-10,13-14H2,1-3H3,(H,21,23)/t15-/m1/s1. The van der Waals surface area contributed by atoms with E-state index in [0.717, 1.165) is 24.2 Å². The molecule has 1 aromatic carbocycles. The lowest BCUT2D eigenvalue weighted by atomic mass is 9.87. The molecule has 1 aromatic rings. The van der Waals surface area contributed by atoms with E-state index in [9.17, 15) is 9.59 Å². The Balaban J connectivity index is 1.83. The highest BCUT2D eigenvalue weighted by molar-refractivity contribution is 5.85. The molecule has 5 nitrogen and oxygen atoms in total. The van der Waals surface area contributed by atoms with Gasteiger partial charge in [-0.1, -0.05) is 37.5 Å². The van der Waals surface area contributed by atoms with Crippen LogP contribution in [0, 0.1) is 5.92 Å². The van der Waals surface area contributed by atoms with Gasteiger partial charge in [0, 0.05) is 19.0 Å². The lowest BCUT2D eigenvalue weighted by molar-refractivity contribution is -0.133. The number of amides is 2. The Hall–Kier alpha value is -2.04. The van der Waals surface area contributed by atoms with Crippen molar-refractivity contribution in [1.82, 2.24) is 10.2 Å². The van der Waals surface area contributed by atoms with Gasteiger partial charge in [0.05, 0.1) is 19.7 Å². The van der Waals surface area contributed by atoms with Crippen molar-refractivity contribution in [2.75, 3.05) is 20.7 Å². The third-order valence-electron chi connectivity index (χ3n) is 5.20. The molecule has 0 aromatic heterocycles. The summed E-state index contributed by atoms with van der Waals surface area (Å²) in [5.41, 5.74) is 0.953. The molecule has 0 unspecified atom stereocenters. The minimum Gasteiger partial charge on any atom is -0.496 e. The molecule has 0 radical (unpaired) electrons. The highest BCUT2D eigenvalue weighted by atomic mass is 16.5. The van der Waals surface area contributed by atoms with Gasteiger partial charge in [0.15, 0.2) is 0 Å². The summed E-state index contributed by atoms with van der Waals surface area (Å²) in [7, 11) is 3.38. The van der Waals surface area contributed by atoms with Gasteiger partial charge in [-0.3, -0.25) is 9.59 Å². The van der Waals surface area contributed by atoms with E-state index in [4.69, 9.17) is 4.74 Å². The molecule has 0 spiro atoms. The zero-order valence-corrected chi connectivity index (χ0v) is 15.6. The van der Waals surface area contributed by atoms with Crippen LogP contribution < -0.4 is 10.1 Å². The summed E-state index contributed by atoms with van der Waals surface area (Å²) in [5, 5.41) is 2.78. The number of benzene rings is 1. The van der Waals surface area contributed by atoms with Gasteiger partial charge in [-0.05, 0) is 31.7 Å². The number of nitrogens with one attached hydrogen (secondary N) is 1. The van der Waals surface area contributed by atoms with Crippen LogP contribution in [-0.4, -0.2) is 37.4 Å². The molecule has 1 fully saturated rings.